The summed E-state index contributed by atoms with van der Waals surface area (Å²) in [6.07, 6.45) is 3.59. The first kappa shape index (κ1) is 13.8. The minimum absolute atomic E-state index is 0.00134. The van der Waals surface area contributed by atoms with Crippen LogP contribution in [0.3, 0.4) is 0 Å². The van der Waals surface area contributed by atoms with Crippen LogP contribution in [0.4, 0.5) is 5.69 Å². The summed E-state index contributed by atoms with van der Waals surface area (Å²) in [5, 5.41) is 11.1. The Morgan fingerprint density at radius 1 is 1.13 bits per heavy atom. The van der Waals surface area contributed by atoms with Crippen LogP contribution in [0, 0.1) is 0 Å². The molecule has 0 spiro atoms. The Bertz CT molecular complexity index is 905. The number of nitrogens with zero attached hydrogens (tertiary/aromatic N) is 2. The lowest BCUT2D eigenvalue weighted by molar-refractivity contribution is 0.0982. The van der Waals surface area contributed by atoms with Crippen molar-refractivity contribution in [3.8, 4) is 5.75 Å². The molecule has 0 saturated heterocycles. The highest BCUT2D eigenvalue weighted by Crippen LogP contribution is 2.31. The van der Waals surface area contributed by atoms with Gasteiger partial charge in [0.05, 0.1) is 11.1 Å². The minimum Gasteiger partial charge on any atom is -0.507 e. The molecule has 0 atom stereocenters. The van der Waals surface area contributed by atoms with Crippen molar-refractivity contribution in [1.29, 1.82) is 0 Å². The molecule has 0 saturated carbocycles. The first-order chi connectivity index (χ1) is 11.2. The fourth-order valence-corrected chi connectivity index (χ4v) is 3.17. The molecule has 1 aromatic heterocycles. The highest BCUT2D eigenvalue weighted by molar-refractivity contribution is 6.10. The lowest BCUT2D eigenvalue weighted by Crippen LogP contribution is -2.35. The zero-order valence-corrected chi connectivity index (χ0v) is 12.6. The molecule has 2 heterocycles. The smallest absolute Gasteiger partial charge is 0.262 e. The number of para-hydroxylation sites is 1. The van der Waals surface area contributed by atoms with Crippen molar-refractivity contribution in [2.45, 2.75) is 12.8 Å². The number of aryl methyl sites for hydroxylation is 1. The topological polar surface area (TPSA) is 53.4 Å². The van der Waals surface area contributed by atoms with Crippen LogP contribution in [-0.2, 0) is 6.42 Å². The summed E-state index contributed by atoms with van der Waals surface area (Å²) in [7, 11) is 0. The molecule has 0 fully saturated rings. The van der Waals surface area contributed by atoms with E-state index in [4.69, 9.17) is 0 Å². The maximum absolute atomic E-state index is 13.0. The lowest BCUT2D eigenvalue weighted by atomic mass is 10.0. The van der Waals surface area contributed by atoms with Gasteiger partial charge in [0.15, 0.2) is 0 Å². The lowest BCUT2D eigenvalue weighted by Gasteiger charge is -2.29. The molecule has 0 unspecified atom stereocenters. The van der Waals surface area contributed by atoms with Gasteiger partial charge in [-0.2, -0.15) is 0 Å². The van der Waals surface area contributed by atoms with Crippen molar-refractivity contribution in [3.63, 3.8) is 0 Å². The van der Waals surface area contributed by atoms with E-state index in [0.717, 1.165) is 23.9 Å². The number of fused-ring (bicyclic) bond motifs is 2. The Morgan fingerprint density at radius 3 is 2.91 bits per heavy atom. The van der Waals surface area contributed by atoms with Gasteiger partial charge in [-0.15, -0.1) is 0 Å². The van der Waals surface area contributed by atoms with Gasteiger partial charge in [0.2, 0.25) is 0 Å². The molecule has 1 N–H and O–H groups in total. The van der Waals surface area contributed by atoms with E-state index in [1.165, 1.54) is 5.56 Å². The van der Waals surface area contributed by atoms with Crippen molar-refractivity contribution in [3.05, 3.63) is 65.9 Å². The average molecular weight is 304 g/mol. The normalized spacial score (nSPS) is 13.8. The number of phenols is 1. The molecule has 114 valence electrons. The number of benzene rings is 2. The van der Waals surface area contributed by atoms with E-state index in [9.17, 15) is 9.90 Å². The third-order valence-electron chi connectivity index (χ3n) is 4.31. The van der Waals surface area contributed by atoms with Crippen LogP contribution in [0.15, 0.2) is 54.7 Å². The zero-order valence-electron chi connectivity index (χ0n) is 12.6. The third-order valence-corrected chi connectivity index (χ3v) is 4.31. The molecule has 4 heteroatoms. The Balaban J connectivity index is 1.80. The van der Waals surface area contributed by atoms with Crippen LogP contribution in [0.1, 0.15) is 22.3 Å². The van der Waals surface area contributed by atoms with E-state index in [0.29, 0.717) is 17.6 Å². The zero-order chi connectivity index (χ0) is 15.8. The Kier molecular flexibility index (Phi) is 3.23. The summed E-state index contributed by atoms with van der Waals surface area (Å²) in [6, 6.07) is 14.9. The van der Waals surface area contributed by atoms with Gasteiger partial charge in [-0.05, 0) is 42.7 Å². The number of carbonyl (C=O) groups is 1. The minimum atomic E-state index is -0.179. The molecule has 4 rings (SSSR count). The Hall–Kier alpha value is -2.88. The summed E-state index contributed by atoms with van der Waals surface area (Å²) >= 11 is 0. The van der Waals surface area contributed by atoms with Gasteiger partial charge >= 0.3 is 0 Å². The molecule has 3 aromatic rings. The molecular weight excluding hydrogens is 288 g/mol. The molecule has 1 aliphatic rings. The van der Waals surface area contributed by atoms with Gasteiger partial charge in [-0.3, -0.25) is 9.78 Å². The van der Waals surface area contributed by atoms with Crippen LogP contribution in [0.5, 0.6) is 5.75 Å². The molecule has 1 aliphatic heterocycles. The van der Waals surface area contributed by atoms with E-state index in [-0.39, 0.29) is 11.7 Å². The second-order valence-electron chi connectivity index (χ2n) is 5.75. The maximum Gasteiger partial charge on any atom is 0.262 e. The van der Waals surface area contributed by atoms with Crippen molar-refractivity contribution in [2.75, 3.05) is 11.4 Å². The standard InChI is InChI=1S/C19H16N2O2/c22-18-11-14-6-3-9-20-16(14)12-15(18)19(23)21-10-4-7-13-5-1-2-8-17(13)21/h1-3,5-6,8-9,11-12,22H,4,7,10H2. The maximum atomic E-state index is 13.0. The van der Waals surface area contributed by atoms with E-state index in [1.807, 2.05) is 30.3 Å². The highest BCUT2D eigenvalue weighted by atomic mass is 16.3. The van der Waals surface area contributed by atoms with Crippen molar-refractivity contribution < 1.29 is 9.90 Å². The number of aromatic nitrogens is 1. The van der Waals surface area contributed by atoms with Gasteiger partial charge in [0, 0.05) is 23.8 Å². The molecule has 4 nitrogen and oxygen atoms in total. The second-order valence-corrected chi connectivity index (χ2v) is 5.75. The summed E-state index contributed by atoms with van der Waals surface area (Å²) < 4.78 is 0. The number of phenolic OH excluding ortho intramolecular Hbond substituents is 1. The number of aromatic hydroxyl groups is 1. The van der Waals surface area contributed by atoms with E-state index < -0.39 is 0 Å². The monoisotopic (exact) mass is 304 g/mol. The molecule has 2 aromatic carbocycles. The molecule has 1 amide bonds. The molecule has 23 heavy (non-hydrogen) atoms. The summed E-state index contributed by atoms with van der Waals surface area (Å²) in [4.78, 5) is 19.0. The predicted octanol–water partition coefficient (Wildman–Crippen LogP) is 3.53. The summed E-state index contributed by atoms with van der Waals surface area (Å²) in [5.74, 6) is -0.180. The summed E-state index contributed by atoms with van der Waals surface area (Å²) in [5.41, 5.74) is 3.11. The quantitative estimate of drug-likeness (QED) is 0.748. The molecule has 0 bridgehead atoms. The van der Waals surface area contributed by atoms with Gasteiger partial charge in [-0.1, -0.05) is 24.3 Å². The van der Waals surface area contributed by atoms with Crippen LogP contribution in [0.25, 0.3) is 10.9 Å². The molecule has 0 aliphatic carbocycles. The highest BCUT2D eigenvalue weighted by Gasteiger charge is 2.25. The Labute approximate surface area is 134 Å². The molecule has 0 radical (unpaired) electrons. The largest absolute Gasteiger partial charge is 0.507 e. The average Bonchev–Trinajstić information content (AvgIpc) is 2.60. The van der Waals surface area contributed by atoms with Crippen LogP contribution in [-0.4, -0.2) is 22.5 Å². The van der Waals surface area contributed by atoms with E-state index in [1.54, 1.807) is 23.2 Å². The van der Waals surface area contributed by atoms with Crippen LogP contribution in [0.2, 0.25) is 0 Å². The summed E-state index contributed by atoms with van der Waals surface area (Å²) in [6.45, 7) is 0.662. The van der Waals surface area contributed by atoms with Gasteiger partial charge in [-0.25, -0.2) is 0 Å². The van der Waals surface area contributed by atoms with Gasteiger partial charge in [0.25, 0.3) is 5.91 Å². The third kappa shape index (κ3) is 2.32. The fourth-order valence-electron chi connectivity index (χ4n) is 3.17. The van der Waals surface area contributed by atoms with Crippen molar-refractivity contribution in [1.82, 2.24) is 4.98 Å². The number of amides is 1. The fraction of sp³-hybridized carbons (Fsp3) is 0.158. The first-order valence-corrected chi connectivity index (χ1v) is 7.71. The second kappa shape index (κ2) is 5.39. The van der Waals surface area contributed by atoms with Crippen LogP contribution < -0.4 is 4.90 Å². The first-order valence-electron chi connectivity index (χ1n) is 7.71. The van der Waals surface area contributed by atoms with Gasteiger partial charge in [0.1, 0.15) is 5.75 Å². The SMILES string of the molecule is O=C(c1cc2ncccc2cc1O)N1CCCc2ccccc21. The Morgan fingerprint density at radius 2 is 2.00 bits per heavy atom. The number of anilines is 1. The predicted molar refractivity (Wildman–Crippen MR) is 89.8 cm³/mol. The number of hydrogen-bond acceptors (Lipinski definition) is 3. The van der Waals surface area contributed by atoms with Crippen molar-refractivity contribution in [2.24, 2.45) is 0 Å². The number of hydrogen-bond donors (Lipinski definition) is 1. The van der Waals surface area contributed by atoms with Gasteiger partial charge < -0.3 is 10.0 Å². The van der Waals surface area contributed by atoms with Crippen LogP contribution >= 0.6 is 0 Å². The number of rotatable bonds is 1. The van der Waals surface area contributed by atoms with E-state index in [2.05, 4.69) is 11.1 Å². The van der Waals surface area contributed by atoms with E-state index >= 15 is 0 Å². The molecular formula is C19H16N2O2. The van der Waals surface area contributed by atoms with Crippen molar-refractivity contribution >= 4 is 22.5 Å². The number of carbonyl (C=O) groups excluding carboxylic acids is 1. The number of pyridine rings is 1.